The van der Waals surface area contributed by atoms with Crippen molar-refractivity contribution in [3.63, 3.8) is 0 Å². The van der Waals surface area contributed by atoms with Crippen molar-refractivity contribution in [1.82, 2.24) is 20.5 Å². The fourth-order valence-electron chi connectivity index (χ4n) is 4.56. The zero-order valence-electron chi connectivity index (χ0n) is 18.5. The minimum absolute atomic E-state index is 0.0347. The first-order valence-corrected chi connectivity index (χ1v) is 11.3. The normalized spacial score (nSPS) is 23.8. The molecule has 0 unspecified atom stereocenters. The molecule has 0 radical (unpaired) electrons. The van der Waals surface area contributed by atoms with Crippen LogP contribution in [0.5, 0.6) is 0 Å². The lowest BCUT2D eigenvalue weighted by Gasteiger charge is -2.44. The maximum Gasteiger partial charge on any atom is 0.251 e. The van der Waals surface area contributed by atoms with Crippen LogP contribution < -0.4 is 10.6 Å². The van der Waals surface area contributed by atoms with E-state index >= 15 is 0 Å². The van der Waals surface area contributed by atoms with Gasteiger partial charge in [0.2, 0.25) is 0 Å². The number of hydrogen-bond acceptors (Lipinski definition) is 6. The molecule has 176 valence electrons. The summed E-state index contributed by atoms with van der Waals surface area (Å²) in [6.07, 6.45) is 1.78. The van der Waals surface area contributed by atoms with E-state index in [2.05, 4.69) is 25.8 Å². The molecule has 1 aliphatic carbocycles. The van der Waals surface area contributed by atoms with Crippen LogP contribution in [0.25, 0.3) is 11.3 Å². The third-order valence-corrected chi connectivity index (χ3v) is 6.44. The van der Waals surface area contributed by atoms with Crippen LogP contribution in [0.1, 0.15) is 35.3 Å². The lowest BCUT2D eigenvalue weighted by atomic mass is 9.65. The van der Waals surface area contributed by atoms with Crippen molar-refractivity contribution in [2.75, 3.05) is 25.1 Å². The van der Waals surface area contributed by atoms with Crippen LogP contribution in [0.15, 0.2) is 54.7 Å². The molecule has 1 saturated heterocycles. The molecular weight excluding hydrogens is 440 g/mol. The summed E-state index contributed by atoms with van der Waals surface area (Å²) in [4.78, 5) is 16.7. The van der Waals surface area contributed by atoms with Crippen LogP contribution in [0.4, 0.5) is 14.6 Å². The zero-order chi connectivity index (χ0) is 23.5. The van der Waals surface area contributed by atoms with Crippen LogP contribution in [-0.4, -0.2) is 53.1 Å². The van der Waals surface area contributed by atoms with E-state index in [1.165, 1.54) is 18.3 Å². The van der Waals surface area contributed by atoms with Crippen LogP contribution in [0, 0.1) is 5.82 Å². The van der Waals surface area contributed by atoms with Gasteiger partial charge in [0.25, 0.3) is 5.91 Å². The molecule has 5 rings (SSSR count). The predicted molar refractivity (Wildman–Crippen MR) is 123 cm³/mol. The SMILES string of the molecule is O=C(N[C@@H]1CCOC1)c1cccc(-c2ccc(NC[C@]3(c4ncccc4F)C[C@H](F)C3)nn2)c1. The number of hydrogen-bond donors (Lipinski definition) is 2. The summed E-state index contributed by atoms with van der Waals surface area (Å²) in [7, 11) is 0. The number of aromatic nitrogens is 3. The van der Waals surface area contributed by atoms with Crippen molar-refractivity contribution in [2.45, 2.75) is 36.9 Å². The number of benzene rings is 1. The Morgan fingerprint density at radius 3 is 2.74 bits per heavy atom. The van der Waals surface area contributed by atoms with E-state index in [0.717, 1.165) is 12.0 Å². The van der Waals surface area contributed by atoms with Crippen LogP contribution in [-0.2, 0) is 10.2 Å². The van der Waals surface area contributed by atoms with Gasteiger partial charge in [-0.3, -0.25) is 9.78 Å². The molecule has 9 heteroatoms. The summed E-state index contributed by atoms with van der Waals surface area (Å²) >= 11 is 0. The lowest BCUT2D eigenvalue weighted by molar-refractivity contribution is 0.0929. The van der Waals surface area contributed by atoms with E-state index < -0.39 is 17.4 Å². The number of anilines is 1. The van der Waals surface area contributed by atoms with Gasteiger partial charge in [-0.2, -0.15) is 0 Å². The van der Waals surface area contributed by atoms with Crippen molar-refractivity contribution in [1.29, 1.82) is 0 Å². The van der Waals surface area contributed by atoms with Gasteiger partial charge in [-0.25, -0.2) is 8.78 Å². The number of carbonyl (C=O) groups excluding carboxylic acids is 1. The van der Waals surface area contributed by atoms with E-state index in [4.69, 9.17) is 4.74 Å². The van der Waals surface area contributed by atoms with Crippen molar-refractivity contribution < 1.29 is 18.3 Å². The Kier molecular flexibility index (Phi) is 6.19. The van der Waals surface area contributed by atoms with Gasteiger partial charge >= 0.3 is 0 Å². The number of pyridine rings is 1. The van der Waals surface area contributed by atoms with E-state index in [-0.39, 0.29) is 30.5 Å². The van der Waals surface area contributed by atoms with Crippen LogP contribution in [0.3, 0.4) is 0 Å². The van der Waals surface area contributed by atoms with E-state index in [9.17, 15) is 13.6 Å². The van der Waals surface area contributed by atoms with Gasteiger partial charge in [0, 0.05) is 35.9 Å². The van der Waals surface area contributed by atoms with E-state index in [1.807, 2.05) is 6.07 Å². The molecule has 0 spiro atoms. The van der Waals surface area contributed by atoms with Crippen molar-refractivity contribution in [3.05, 3.63) is 71.8 Å². The number of halogens is 2. The highest BCUT2D eigenvalue weighted by atomic mass is 19.1. The second kappa shape index (κ2) is 9.42. The summed E-state index contributed by atoms with van der Waals surface area (Å²) in [6, 6.07) is 13.7. The molecule has 1 aromatic carbocycles. The van der Waals surface area contributed by atoms with Gasteiger partial charge in [-0.05, 0) is 55.7 Å². The standard InChI is InChI=1S/C25H25F2N5O2/c26-18-12-25(13-18,23-20(27)5-2-9-28-23)15-29-22-7-6-21(31-32-22)16-3-1-4-17(11-16)24(33)30-19-8-10-34-14-19/h1-7,9,11,18-19H,8,10,12-15H2,(H,29,32)(H,30,33)/t18-,19-,25-/m1/s1. The van der Waals surface area contributed by atoms with Crippen LogP contribution >= 0.6 is 0 Å². The average Bonchev–Trinajstić information content (AvgIpc) is 3.35. The summed E-state index contributed by atoms with van der Waals surface area (Å²) in [5, 5.41) is 14.6. The Hall–Kier alpha value is -3.46. The maximum absolute atomic E-state index is 14.3. The molecular formula is C25H25F2N5O2. The summed E-state index contributed by atoms with van der Waals surface area (Å²) in [5.41, 5.74) is 1.48. The molecule has 2 aromatic heterocycles. The fourth-order valence-corrected chi connectivity index (χ4v) is 4.56. The number of amides is 1. The molecule has 2 fully saturated rings. The molecule has 0 bridgehead atoms. The Balaban J connectivity index is 1.26. The molecule has 7 nitrogen and oxygen atoms in total. The molecule has 1 aliphatic heterocycles. The minimum Gasteiger partial charge on any atom is -0.379 e. The highest BCUT2D eigenvalue weighted by Gasteiger charge is 2.48. The highest BCUT2D eigenvalue weighted by Crippen LogP contribution is 2.45. The molecule has 1 saturated carbocycles. The number of rotatable bonds is 7. The summed E-state index contributed by atoms with van der Waals surface area (Å²) in [6.45, 7) is 1.49. The Labute approximate surface area is 196 Å². The third kappa shape index (κ3) is 4.61. The minimum atomic E-state index is -0.970. The van der Waals surface area contributed by atoms with Gasteiger partial charge < -0.3 is 15.4 Å². The topological polar surface area (TPSA) is 89.0 Å². The number of alkyl halides is 1. The highest BCUT2D eigenvalue weighted by molar-refractivity contribution is 5.95. The Morgan fingerprint density at radius 1 is 1.15 bits per heavy atom. The van der Waals surface area contributed by atoms with Gasteiger partial charge in [0.05, 0.1) is 24.0 Å². The number of nitrogens with one attached hydrogen (secondary N) is 2. The smallest absolute Gasteiger partial charge is 0.251 e. The van der Waals surface area contributed by atoms with Crippen molar-refractivity contribution in [3.8, 4) is 11.3 Å². The van der Waals surface area contributed by atoms with Gasteiger partial charge in [0.1, 0.15) is 17.8 Å². The van der Waals surface area contributed by atoms with E-state index in [0.29, 0.717) is 36.8 Å². The third-order valence-electron chi connectivity index (χ3n) is 6.44. The van der Waals surface area contributed by atoms with Crippen molar-refractivity contribution in [2.24, 2.45) is 0 Å². The molecule has 3 aromatic rings. The number of ether oxygens (including phenoxy) is 1. The predicted octanol–water partition coefficient (Wildman–Crippen LogP) is 3.68. The second-order valence-electron chi connectivity index (χ2n) is 8.89. The van der Waals surface area contributed by atoms with Gasteiger partial charge in [-0.15, -0.1) is 10.2 Å². The molecule has 1 atom stereocenters. The second-order valence-corrected chi connectivity index (χ2v) is 8.89. The Morgan fingerprint density at radius 2 is 2.03 bits per heavy atom. The maximum atomic E-state index is 14.3. The first-order valence-electron chi connectivity index (χ1n) is 11.3. The molecule has 34 heavy (non-hydrogen) atoms. The van der Waals surface area contributed by atoms with Gasteiger partial charge in [-0.1, -0.05) is 12.1 Å². The molecule has 2 aliphatic rings. The molecule has 2 N–H and O–H groups in total. The van der Waals surface area contributed by atoms with Crippen molar-refractivity contribution >= 4 is 11.7 Å². The number of nitrogens with zero attached hydrogens (tertiary/aromatic N) is 3. The summed E-state index contributed by atoms with van der Waals surface area (Å²) in [5.74, 6) is -0.0822. The molecule has 1 amide bonds. The fraction of sp³-hybridized carbons (Fsp3) is 0.360. The Bertz CT molecular complexity index is 1160. The first-order chi connectivity index (χ1) is 16.5. The first kappa shape index (κ1) is 22.3. The quantitative estimate of drug-likeness (QED) is 0.554. The monoisotopic (exact) mass is 465 g/mol. The van der Waals surface area contributed by atoms with Crippen LogP contribution in [0.2, 0.25) is 0 Å². The van der Waals surface area contributed by atoms with E-state index in [1.54, 1.807) is 30.3 Å². The summed E-state index contributed by atoms with van der Waals surface area (Å²) < 4.78 is 33.4. The van der Waals surface area contributed by atoms with Gasteiger partial charge in [0.15, 0.2) is 0 Å². The zero-order valence-corrected chi connectivity index (χ0v) is 18.5. The largest absolute Gasteiger partial charge is 0.379 e. The number of carbonyl (C=O) groups is 1. The molecule has 3 heterocycles. The average molecular weight is 466 g/mol. The lowest BCUT2D eigenvalue weighted by Crippen LogP contribution is -2.49.